The average molecular weight is 312 g/mol. The van der Waals surface area contributed by atoms with Gasteiger partial charge >= 0.3 is 0 Å². The van der Waals surface area contributed by atoms with Gasteiger partial charge in [0.15, 0.2) is 5.82 Å². The lowest BCUT2D eigenvalue weighted by Crippen LogP contribution is -2.36. The Kier molecular flexibility index (Phi) is 4.96. The second kappa shape index (κ2) is 6.54. The number of aryl methyl sites for hydroxylation is 1. The number of hydrogen-bond acceptors (Lipinski definition) is 4. The lowest BCUT2D eigenvalue weighted by atomic mass is 10.1. The molecule has 2 aromatic rings. The van der Waals surface area contributed by atoms with Gasteiger partial charge in [0.1, 0.15) is 0 Å². The predicted molar refractivity (Wildman–Crippen MR) is 80.8 cm³/mol. The van der Waals surface area contributed by atoms with E-state index in [9.17, 15) is 4.39 Å². The molecule has 6 heteroatoms. The van der Waals surface area contributed by atoms with Gasteiger partial charge in [-0.15, -0.1) is 10.2 Å². The van der Waals surface area contributed by atoms with Crippen molar-refractivity contribution in [2.45, 2.75) is 39.2 Å². The molecule has 1 aromatic heterocycles. The lowest BCUT2D eigenvalue weighted by Gasteiger charge is -2.19. The molecule has 0 aliphatic carbocycles. The zero-order valence-corrected chi connectivity index (χ0v) is 13.2. The number of rotatable bonds is 5. The van der Waals surface area contributed by atoms with Gasteiger partial charge in [0.05, 0.1) is 10.6 Å². The highest BCUT2D eigenvalue weighted by Crippen LogP contribution is 2.26. The van der Waals surface area contributed by atoms with Gasteiger partial charge in [0.25, 0.3) is 5.89 Å². The molecular formula is C15H19ClFN3O. The molecule has 21 heavy (non-hydrogen) atoms. The highest BCUT2D eigenvalue weighted by atomic mass is 35.5. The molecule has 0 fully saturated rings. The highest BCUT2D eigenvalue weighted by Gasteiger charge is 2.15. The van der Waals surface area contributed by atoms with E-state index in [1.54, 1.807) is 12.1 Å². The van der Waals surface area contributed by atoms with Gasteiger partial charge in [-0.05, 0) is 45.9 Å². The summed E-state index contributed by atoms with van der Waals surface area (Å²) in [7, 11) is 0. The Morgan fingerprint density at radius 1 is 1.29 bits per heavy atom. The quantitative estimate of drug-likeness (QED) is 0.852. The molecule has 0 atom stereocenters. The molecule has 1 aromatic carbocycles. The maximum absolute atomic E-state index is 13.9. The standard InChI is InChI=1S/C15H19ClFN3O/c1-15(2,3)18-9-5-8-12-19-20-14(21-12)10-6-4-7-11(16)13(10)17/h4,6-7,18H,5,8-9H2,1-3H3. The molecule has 0 unspecified atom stereocenters. The van der Waals surface area contributed by atoms with E-state index in [0.717, 1.165) is 13.0 Å². The molecule has 0 aliphatic rings. The van der Waals surface area contributed by atoms with Crippen molar-refractivity contribution in [3.05, 3.63) is 34.9 Å². The Hall–Kier alpha value is -1.46. The fourth-order valence-electron chi connectivity index (χ4n) is 1.84. The fraction of sp³-hybridized carbons (Fsp3) is 0.467. The Bertz CT molecular complexity index is 607. The van der Waals surface area contributed by atoms with Gasteiger partial charge in [0.2, 0.25) is 5.89 Å². The van der Waals surface area contributed by atoms with Crippen molar-refractivity contribution >= 4 is 11.6 Å². The topological polar surface area (TPSA) is 51.0 Å². The molecule has 0 saturated carbocycles. The molecule has 0 amide bonds. The average Bonchev–Trinajstić information content (AvgIpc) is 2.85. The smallest absolute Gasteiger partial charge is 0.250 e. The van der Waals surface area contributed by atoms with Crippen LogP contribution in [0.5, 0.6) is 0 Å². The SMILES string of the molecule is CC(C)(C)NCCCc1nnc(-c2cccc(Cl)c2F)o1. The van der Waals surface area contributed by atoms with E-state index in [2.05, 4.69) is 36.3 Å². The van der Waals surface area contributed by atoms with Crippen LogP contribution >= 0.6 is 11.6 Å². The number of benzene rings is 1. The van der Waals surface area contributed by atoms with E-state index in [1.807, 2.05) is 0 Å². The van der Waals surface area contributed by atoms with E-state index < -0.39 is 5.82 Å². The molecule has 1 N–H and O–H groups in total. The van der Waals surface area contributed by atoms with Crippen LogP contribution < -0.4 is 5.32 Å². The van der Waals surface area contributed by atoms with Crippen molar-refractivity contribution in [1.82, 2.24) is 15.5 Å². The van der Waals surface area contributed by atoms with E-state index >= 15 is 0 Å². The van der Waals surface area contributed by atoms with Crippen LogP contribution in [-0.2, 0) is 6.42 Å². The summed E-state index contributed by atoms with van der Waals surface area (Å²) < 4.78 is 19.4. The van der Waals surface area contributed by atoms with E-state index in [0.29, 0.717) is 12.3 Å². The summed E-state index contributed by atoms with van der Waals surface area (Å²) in [5, 5.41) is 11.2. The third kappa shape index (κ3) is 4.51. The Labute approximate surface area is 128 Å². The summed E-state index contributed by atoms with van der Waals surface area (Å²) in [5.74, 6) is 0.123. The zero-order valence-electron chi connectivity index (χ0n) is 12.4. The lowest BCUT2D eigenvalue weighted by molar-refractivity contribution is 0.412. The number of halogens is 2. The third-order valence-electron chi connectivity index (χ3n) is 2.87. The molecule has 2 rings (SSSR count). The summed E-state index contributed by atoms with van der Waals surface area (Å²) in [6.45, 7) is 7.19. The Balaban J connectivity index is 1.97. The number of nitrogens with zero attached hydrogens (tertiary/aromatic N) is 2. The van der Waals surface area contributed by atoms with Crippen LogP contribution in [0.25, 0.3) is 11.5 Å². The van der Waals surface area contributed by atoms with Crippen LogP contribution in [0.15, 0.2) is 22.6 Å². The molecule has 1 heterocycles. The fourth-order valence-corrected chi connectivity index (χ4v) is 2.01. The van der Waals surface area contributed by atoms with Crippen molar-refractivity contribution in [2.24, 2.45) is 0 Å². The second-order valence-corrected chi connectivity index (χ2v) is 6.29. The van der Waals surface area contributed by atoms with E-state index in [1.165, 1.54) is 6.07 Å². The predicted octanol–water partition coefficient (Wildman–Crippen LogP) is 3.85. The van der Waals surface area contributed by atoms with E-state index in [4.69, 9.17) is 16.0 Å². The first-order valence-corrected chi connectivity index (χ1v) is 7.26. The molecule has 0 radical (unpaired) electrons. The maximum atomic E-state index is 13.9. The van der Waals surface area contributed by atoms with Gasteiger partial charge in [-0.3, -0.25) is 0 Å². The number of hydrogen-bond donors (Lipinski definition) is 1. The normalized spacial score (nSPS) is 11.9. The first-order chi connectivity index (χ1) is 9.87. The van der Waals surface area contributed by atoms with Crippen molar-refractivity contribution in [3.8, 4) is 11.5 Å². The van der Waals surface area contributed by atoms with Gasteiger partial charge < -0.3 is 9.73 Å². The summed E-state index contributed by atoms with van der Waals surface area (Å²) in [6.07, 6.45) is 1.52. The van der Waals surface area contributed by atoms with Crippen molar-refractivity contribution in [3.63, 3.8) is 0 Å². The molecule has 4 nitrogen and oxygen atoms in total. The molecule has 114 valence electrons. The Morgan fingerprint density at radius 2 is 2.05 bits per heavy atom. The molecular weight excluding hydrogens is 293 g/mol. The van der Waals surface area contributed by atoms with Gasteiger partial charge in [-0.25, -0.2) is 4.39 Å². The summed E-state index contributed by atoms with van der Waals surface area (Å²) in [6, 6.07) is 4.70. The van der Waals surface area contributed by atoms with Crippen LogP contribution in [-0.4, -0.2) is 22.3 Å². The first-order valence-electron chi connectivity index (χ1n) is 6.88. The minimum atomic E-state index is -0.538. The van der Waals surface area contributed by atoms with Gasteiger partial charge in [-0.2, -0.15) is 0 Å². The molecule has 0 spiro atoms. The molecule has 0 aliphatic heterocycles. The minimum absolute atomic E-state index is 0.0432. The third-order valence-corrected chi connectivity index (χ3v) is 3.16. The summed E-state index contributed by atoms with van der Waals surface area (Å²) in [5.41, 5.74) is 0.318. The van der Waals surface area contributed by atoms with Gasteiger partial charge in [-0.1, -0.05) is 17.7 Å². The second-order valence-electron chi connectivity index (χ2n) is 5.88. The zero-order chi connectivity index (χ0) is 15.5. The monoisotopic (exact) mass is 311 g/mol. The van der Waals surface area contributed by atoms with Crippen molar-refractivity contribution < 1.29 is 8.81 Å². The van der Waals surface area contributed by atoms with Crippen LogP contribution in [0.1, 0.15) is 33.1 Å². The summed E-state index contributed by atoms with van der Waals surface area (Å²) in [4.78, 5) is 0. The van der Waals surface area contributed by atoms with Crippen molar-refractivity contribution in [1.29, 1.82) is 0 Å². The number of aromatic nitrogens is 2. The highest BCUT2D eigenvalue weighted by molar-refractivity contribution is 6.31. The number of nitrogens with one attached hydrogen (secondary N) is 1. The van der Waals surface area contributed by atoms with Crippen molar-refractivity contribution in [2.75, 3.05) is 6.54 Å². The van der Waals surface area contributed by atoms with Crippen LogP contribution in [0.3, 0.4) is 0 Å². The molecule has 0 saturated heterocycles. The molecule has 0 bridgehead atoms. The Morgan fingerprint density at radius 3 is 2.76 bits per heavy atom. The van der Waals surface area contributed by atoms with Gasteiger partial charge in [0, 0.05) is 12.0 Å². The summed E-state index contributed by atoms with van der Waals surface area (Å²) >= 11 is 5.74. The largest absolute Gasteiger partial charge is 0.421 e. The first kappa shape index (κ1) is 15.9. The van der Waals surface area contributed by atoms with Crippen LogP contribution in [0.2, 0.25) is 5.02 Å². The van der Waals surface area contributed by atoms with Crippen LogP contribution in [0.4, 0.5) is 4.39 Å². The maximum Gasteiger partial charge on any atom is 0.250 e. The minimum Gasteiger partial charge on any atom is -0.421 e. The van der Waals surface area contributed by atoms with Crippen LogP contribution in [0, 0.1) is 5.82 Å². The van der Waals surface area contributed by atoms with E-state index in [-0.39, 0.29) is 22.0 Å².